The average molecular weight is 312 g/mol. The van der Waals surface area contributed by atoms with E-state index in [2.05, 4.69) is 10.3 Å². The van der Waals surface area contributed by atoms with Crippen molar-refractivity contribution >= 4 is 16.8 Å². The third-order valence-electron chi connectivity index (χ3n) is 3.78. The number of carbonyl (C=O) groups is 1. The van der Waals surface area contributed by atoms with Crippen molar-refractivity contribution in [3.8, 4) is 11.5 Å². The SMILES string of the molecule is O=C(NCc1ccc2c(c1)OCO2)c1c[nH]c2cc(F)ccc12. The predicted molar refractivity (Wildman–Crippen MR) is 82.0 cm³/mol. The monoisotopic (exact) mass is 312 g/mol. The van der Waals surface area contributed by atoms with E-state index in [0.29, 0.717) is 34.5 Å². The fraction of sp³-hybridized carbons (Fsp3) is 0.118. The molecule has 0 unspecified atom stereocenters. The maximum atomic E-state index is 13.2. The summed E-state index contributed by atoms with van der Waals surface area (Å²) in [4.78, 5) is 15.2. The number of halogens is 1. The summed E-state index contributed by atoms with van der Waals surface area (Å²) in [6.45, 7) is 0.584. The largest absolute Gasteiger partial charge is 0.454 e. The van der Waals surface area contributed by atoms with Gasteiger partial charge in [0, 0.05) is 23.6 Å². The molecule has 0 aliphatic carbocycles. The molecule has 116 valence electrons. The van der Waals surface area contributed by atoms with E-state index < -0.39 is 0 Å². The van der Waals surface area contributed by atoms with Crippen molar-refractivity contribution in [1.82, 2.24) is 10.3 Å². The maximum absolute atomic E-state index is 13.2. The molecule has 0 radical (unpaired) electrons. The van der Waals surface area contributed by atoms with Crippen LogP contribution in [0, 0.1) is 5.82 Å². The number of hydrogen-bond donors (Lipinski definition) is 2. The van der Waals surface area contributed by atoms with Crippen LogP contribution in [0.15, 0.2) is 42.6 Å². The number of hydrogen-bond acceptors (Lipinski definition) is 3. The van der Waals surface area contributed by atoms with E-state index >= 15 is 0 Å². The Bertz CT molecular complexity index is 904. The second-order valence-electron chi connectivity index (χ2n) is 5.26. The highest BCUT2D eigenvalue weighted by Gasteiger charge is 2.15. The molecule has 6 heteroatoms. The third kappa shape index (κ3) is 2.48. The van der Waals surface area contributed by atoms with Gasteiger partial charge in [-0.15, -0.1) is 0 Å². The van der Waals surface area contributed by atoms with Gasteiger partial charge in [-0.1, -0.05) is 6.07 Å². The molecular weight excluding hydrogens is 299 g/mol. The minimum absolute atomic E-state index is 0.219. The molecule has 1 amide bonds. The van der Waals surface area contributed by atoms with Gasteiger partial charge in [-0.05, 0) is 35.9 Å². The molecule has 0 fully saturated rings. The summed E-state index contributed by atoms with van der Waals surface area (Å²) in [5, 5.41) is 3.54. The van der Waals surface area contributed by atoms with Gasteiger partial charge in [-0.3, -0.25) is 4.79 Å². The van der Waals surface area contributed by atoms with Crippen molar-refractivity contribution in [3.63, 3.8) is 0 Å². The Morgan fingerprint density at radius 1 is 1.17 bits per heavy atom. The summed E-state index contributed by atoms with van der Waals surface area (Å²) in [5.74, 6) is 0.824. The first-order chi connectivity index (χ1) is 11.2. The molecule has 3 aromatic rings. The maximum Gasteiger partial charge on any atom is 0.253 e. The van der Waals surface area contributed by atoms with Gasteiger partial charge in [-0.25, -0.2) is 4.39 Å². The van der Waals surface area contributed by atoms with E-state index in [0.717, 1.165) is 5.56 Å². The van der Waals surface area contributed by atoms with E-state index in [9.17, 15) is 9.18 Å². The Balaban J connectivity index is 1.51. The standard InChI is InChI=1S/C17H13FN2O3/c18-11-2-3-12-13(8-19-14(12)6-11)17(21)20-7-10-1-4-15-16(5-10)23-9-22-15/h1-6,8,19H,7,9H2,(H,20,21). The van der Waals surface area contributed by atoms with Gasteiger partial charge >= 0.3 is 0 Å². The van der Waals surface area contributed by atoms with Crippen LogP contribution >= 0.6 is 0 Å². The number of carbonyl (C=O) groups excluding carboxylic acids is 1. The van der Waals surface area contributed by atoms with Gasteiger partial charge < -0.3 is 19.8 Å². The number of H-pyrrole nitrogens is 1. The highest BCUT2D eigenvalue weighted by molar-refractivity contribution is 6.06. The molecule has 1 aliphatic rings. The van der Waals surface area contributed by atoms with Crippen molar-refractivity contribution in [2.75, 3.05) is 6.79 Å². The number of nitrogens with one attached hydrogen (secondary N) is 2. The van der Waals surface area contributed by atoms with Crippen LogP contribution in [0.1, 0.15) is 15.9 Å². The lowest BCUT2D eigenvalue weighted by Crippen LogP contribution is -2.22. The summed E-state index contributed by atoms with van der Waals surface area (Å²) in [5.41, 5.74) is 1.99. The number of benzene rings is 2. The second kappa shape index (κ2) is 5.31. The lowest BCUT2D eigenvalue weighted by Gasteiger charge is -2.06. The zero-order valence-corrected chi connectivity index (χ0v) is 12.1. The minimum atomic E-state index is -0.341. The Morgan fingerprint density at radius 2 is 2.04 bits per heavy atom. The van der Waals surface area contributed by atoms with Gasteiger partial charge in [0.15, 0.2) is 11.5 Å². The molecule has 1 aliphatic heterocycles. The van der Waals surface area contributed by atoms with Gasteiger partial charge in [0.05, 0.1) is 5.56 Å². The quantitative estimate of drug-likeness (QED) is 0.781. The van der Waals surface area contributed by atoms with Crippen LogP contribution in [0.5, 0.6) is 11.5 Å². The van der Waals surface area contributed by atoms with E-state index in [4.69, 9.17) is 9.47 Å². The van der Waals surface area contributed by atoms with E-state index in [1.165, 1.54) is 12.1 Å². The van der Waals surface area contributed by atoms with Crippen LogP contribution in [0.2, 0.25) is 0 Å². The zero-order valence-electron chi connectivity index (χ0n) is 12.1. The number of fused-ring (bicyclic) bond motifs is 2. The molecule has 23 heavy (non-hydrogen) atoms. The molecule has 5 nitrogen and oxygen atoms in total. The summed E-state index contributed by atoms with van der Waals surface area (Å²) in [6, 6.07) is 9.83. The molecule has 0 saturated carbocycles. The van der Waals surface area contributed by atoms with Crippen molar-refractivity contribution in [3.05, 3.63) is 59.5 Å². The Morgan fingerprint density at radius 3 is 2.96 bits per heavy atom. The normalized spacial score (nSPS) is 12.6. The number of aromatic amines is 1. The fourth-order valence-corrected chi connectivity index (χ4v) is 2.61. The predicted octanol–water partition coefficient (Wildman–Crippen LogP) is 2.97. The zero-order chi connectivity index (χ0) is 15.8. The summed E-state index contributed by atoms with van der Waals surface area (Å²) in [7, 11) is 0. The third-order valence-corrected chi connectivity index (χ3v) is 3.78. The van der Waals surface area contributed by atoms with Gasteiger partial charge in [0.2, 0.25) is 6.79 Å². The molecule has 1 aromatic heterocycles. The smallest absolute Gasteiger partial charge is 0.253 e. The van der Waals surface area contributed by atoms with Crippen LogP contribution in [0.3, 0.4) is 0 Å². The molecule has 0 spiro atoms. The Labute approximate surface area is 131 Å². The second-order valence-corrected chi connectivity index (χ2v) is 5.26. The topological polar surface area (TPSA) is 63.4 Å². The first kappa shape index (κ1) is 13.6. The van der Waals surface area contributed by atoms with Gasteiger partial charge in [-0.2, -0.15) is 0 Å². The minimum Gasteiger partial charge on any atom is -0.454 e. The van der Waals surface area contributed by atoms with Gasteiger partial charge in [0.1, 0.15) is 5.82 Å². The Kier molecular flexibility index (Phi) is 3.15. The van der Waals surface area contributed by atoms with Crippen molar-refractivity contribution in [2.24, 2.45) is 0 Å². The summed E-state index contributed by atoms with van der Waals surface area (Å²) < 4.78 is 23.7. The van der Waals surface area contributed by atoms with E-state index in [1.54, 1.807) is 12.3 Å². The van der Waals surface area contributed by atoms with Crippen molar-refractivity contribution in [2.45, 2.75) is 6.54 Å². The molecule has 2 aromatic carbocycles. The number of amides is 1. The van der Waals surface area contributed by atoms with E-state index in [1.807, 2.05) is 18.2 Å². The lowest BCUT2D eigenvalue weighted by molar-refractivity contribution is 0.0952. The molecule has 4 rings (SSSR count). The first-order valence-corrected chi connectivity index (χ1v) is 7.14. The molecule has 0 saturated heterocycles. The highest BCUT2D eigenvalue weighted by Crippen LogP contribution is 2.32. The molecule has 2 N–H and O–H groups in total. The highest BCUT2D eigenvalue weighted by atomic mass is 19.1. The van der Waals surface area contributed by atoms with Crippen LogP contribution in [0.4, 0.5) is 4.39 Å². The molecular formula is C17H13FN2O3. The lowest BCUT2D eigenvalue weighted by atomic mass is 10.1. The summed E-state index contributed by atoms with van der Waals surface area (Å²) in [6.07, 6.45) is 1.58. The van der Waals surface area contributed by atoms with Crippen LogP contribution < -0.4 is 14.8 Å². The fourth-order valence-electron chi connectivity index (χ4n) is 2.61. The Hall–Kier alpha value is -3.02. The number of ether oxygens (including phenoxy) is 2. The summed E-state index contributed by atoms with van der Waals surface area (Å²) >= 11 is 0. The number of aromatic nitrogens is 1. The molecule has 0 atom stereocenters. The number of rotatable bonds is 3. The van der Waals surface area contributed by atoms with Crippen LogP contribution in [-0.4, -0.2) is 17.7 Å². The van der Waals surface area contributed by atoms with E-state index in [-0.39, 0.29) is 18.5 Å². The van der Waals surface area contributed by atoms with Gasteiger partial charge in [0.25, 0.3) is 5.91 Å². The molecule has 0 bridgehead atoms. The van der Waals surface area contributed by atoms with Crippen LogP contribution in [0.25, 0.3) is 10.9 Å². The van der Waals surface area contributed by atoms with Crippen molar-refractivity contribution < 1.29 is 18.7 Å². The van der Waals surface area contributed by atoms with Crippen molar-refractivity contribution in [1.29, 1.82) is 0 Å². The first-order valence-electron chi connectivity index (χ1n) is 7.14. The molecule has 2 heterocycles. The average Bonchev–Trinajstić information content (AvgIpc) is 3.18. The van der Waals surface area contributed by atoms with Crippen LogP contribution in [-0.2, 0) is 6.54 Å².